The molecule has 1 saturated carbocycles. The lowest BCUT2D eigenvalue weighted by Crippen LogP contribution is -2.50. The highest BCUT2D eigenvalue weighted by atomic mass is 32.2. The van der Waals surface area contributed by atoms with E-state index in [-0.39, 0.29) is 22.3 Å². The van der Waals surface area contributed by atoms with Crippen molar-refractivity contribution in [3.05, 3.63) is 26.7 Å². The maximum atomic E-state index is 14.5. The highest BCUT2D eigenvalue weighted by molar-refractivity contribution is 7.99. The number of H-pyrrole nitrogens is 1. The Balaban J connectivity index is 1.63. The summed E-state index contributed by atoms with van der Waals surface area (Å²) < 4.78 is 29.0. The summed E-state index contributed by atoms with van der Waals surface area (Å²) in [5.74, 6) is -0.0176. The van der Waals surface area contributed by atoms with Gasteiger partial charge in [-0.25, -0.2) is 13.8 Å². The van der Waals surface area contributed by atoms with Gasteiger partial charge in [0, 0.05) is 5.25 Å². The van der Waals surface area contributed by atoms with Gasteiger partial charge in [-0.2, -0.15) is 11.8 Å². The number of hydrogen-bond acceptors (Lipinski definition) is 5. The number of piperidine rings is 1. The number of aromatic amines is 1. The van der Waals surface area contributed by atoms with E-state index in [1.807, 2.05) is 0 Å². The summed E-state index contributed by atoms with van der Waals surface area (Å²) in [4.78, 5) is 23.8. The molecule has 2 aliphatic carbocycles. The van der Waals surface area contributed by atoms with Gasteiger partial charge in [0.2, 0.25) is 0 Å². The molecule has 2 N–H and O–H groups in total. The summed E-state index contributed by atoms with van der Waals surface area (Å²) in [5, 5.41) is 3.75. The summed E-state index contributed by atoms with van der Waals surface area (Å²) >= 11 is 1.75. The molecule has 1 unspecified atom stereocenters. The van der Waals surface area contributed by atoms with Crippen molar-refractivity contribution in [2.45, 2.75) is 61.7 Å². The van der Waals surface area contributed by atoms with E-state index in [2.05, 4.69) is 20.3 Å². The van der Waals surface area contributed by atoms with Crippen molar-refractivity contribution in [2.75, 3.05) is 13.1 Å². The molecule has 146 valence electrons. The van der Waals surface area contributed by atoms with Crippen LogP contribution in [0.25, 0.3) is 11.9 Å². The number of thioether (sulfide) groups is 1. The molecule has 2 heterocycles. The Labute approximate surface area is 160 Å². The van der Waals surface area contributed by atoms with Crippen molar-refractivity contribution in [1.29, 1.82) is 0 Å². The Morgan fingerprint density at radius 3 is 2.70 bits per heavy atom. The summed E-state index contributed by atoms with van der Waals surface area (Å²) in [6.07, 6.45) is 5.57. The molecule has 0 amide bonds. The van der Waals surface area contributed by atoms with Gasteiger partial charge in [-0.05, 0) is 44.8 Å². The lowest BCUT2D eigenvalue weighted by Gasteiger charge is -2.21. The minimum absolute atomic E-state index is 0.0424. The van der Waals surface area contributed by atoms with E-state index >= 15 is 0 Å². The van der Waals surface area contributed by atoms with Gasteiger partial charge in [-0.1, -0.05) is 12.8 Å². The van der Waals surface area contributed by atoms with Crippen LogP contribution in [0.2, 0.25) is 0 Å². The Kier molecular flexibility index (Phi) is 5.73. The number of hydrogen-bond donors (Lipinski definition) is 2. The fourth-order valence-electron chi connectivity index (χ4n) is 3.92. The van der Waals surface area contributed by atoms with E-state index in [0.29, 0.717) is 16.8 Å². The van der Waals surface area contributed by atoms with E-state index in [0.717, 1.165) is 51.6 Å². The number of nitrogens with zero attached hydrogens (tertiary/aromatic N) is 2. The van der Waals surface area contributed by atoms with Crippen molar-refractivity contribution >= 4 is 29.4 Å². The third-order valence-corrected chi connectivity index (χ3v) is 6.78. The smallest absolute Gasteiger partial charge is 0.261 e. The van der Waals surface area contributed by atoms with E-state index in [1.165, 1.54) is 6.08 Å². The summed E-state index contributed by atoms with van der Waals surface area (Å²) in [7, 11) is 0. The van der Waals surface area contributed by atoms with Crippen LogP contribution in [0.4, 0.5) is 8.78 Å². The molecule has 1 aliphatic heterocycles. The number of fused-ring (bicyclic) bond motifs is 1. The van der Waals surface area contributed by atoms with Crippen molar-refractivity contribution in [2.24, 2.45) is 4.99 Å². The molecule has 5 nitrogen and oxygen atoms in total. The SMILES string of the molecule is O=c1[nH]c(CSC2CCNCC2)nc2c1=C(F)C(F)C(=NC1CCCC1)C=2. The Morgan fingerprint density at radius 1 is 1.22 bits per heavy atom. The minimum atomic E-state index is -1.98. The fraction of sp³-hybridized carbons (Fsp3) is 0.632. The average molecular weight is 394 g/mol. The molecule has 1 aromatic heterocycles. The second-order valence-corrected chi connectivity index (χ2v) is 8.67. The highest BCUT2D eigenvalue weighted by Gasteiger charge is 2.27. The average Bonchev–Trinajstić information content (AvgIpc) is 3.18. The standard InChI is InChI=1S/C19H24F2N4OS/c20-17-14(23-11-3-1-2-4-11)9-13-16(18(17)21)19(26)25-15(24-13)10-27-12-5-7-22-8-6-12/h9,11-12,17,22H,1-8,10H2,(H,24,25,26). The zero-order valence-electron chi connectivity index (χ0n) is 15.1. The van der Waals surface area contributed by atoms with Crippen LogP contribution in [0, 0.1) is 0 Å². The number of aromatic nitrogens is 2. The quantitative estimate of drug-likeness (QED) is 0.809. The van der Waals surface area contributed by atoms with Gasteiger partial charge in [-0.3, -0.25) is 9.79 Å². The summed E-state index contributed by atoms with van der Waals surface area (Å²) in [6.45, 7) is 2.00. The fourth-order valence-corrected chi connectivity index (χ4v) is 5.02. The van der Waals surface area contributed by atoms with E-state index in [4.69, 9.17) is 0 Å². The Bertz CT molecular complexity index is 901. The van der Waals surface area contributed by atoms with Gasteiger partial charge in [0.1, 0.15) is 11.0 Å². The van der Waals surface area contributed by atoms with Gasteiger partial charge in [0.15, 0.2) is 12.0 Å². The molecule has 8 heteroatoms. The molecule has 1 saturated heterocycles. The molecule has 0 radical (unpaired) electrons. The third-order valence-electron chi connectivity index (χ3n) is 5.40. The Morgan fingerprint density at radius 2 is 1.96 bits per heavy atom. The van der Waals surface area contributed by atoms with Crippen LogP contribution in [-0.4, -0.2) is 46.2 Å². The van der Waals surface area contributed by atoms with Crippen molar-refractivity contribution < 1.29 is 8.78 Å². The number of alkyl halides is 1. The van der Waals surface area contributed by atoms with Gasteiger partial charge in [0.05, 0.1) is 22.9 Å². The van der Waals surface area contributed by atoms with Crippen LogP contribution in [-0.2, 0) is 5.75 Å². The molecular formula is C19H24F2N4OS. The van der Waals surface area contributed by atoms with Crippen molar-refractivity contribution in [1.82, 2.24) is 15.3 Å². The number of nitrogens with one attached hydrogen (secondary N) is 2. The maximum Gasteiger partial charge on any atom is 0.261 e. The van der Waals surface area contributed by atoms with Crippen molar-refractivity contribution in [3.63, 3.8) is 0 Å². The molecule has 4 rings (SSSR count). The Hall–Kier alpha value is -1.54. The summed E-state index contributed by atoms with van der Waals surface area (Å²) in [5.41, 5.74) is -0.556. The zero-order valence-corrected chi connectivity index (χ0v) is 16.0. The van der Waals surface area contributed by atoms with Crippen LogP contribution in [0.15, 0.2) is 9.79 Å². The molecule has 2 fully saturated rings. The molecule has 0 aromatic carbocycles. The van der Waals surface area contributed by atoms with Crippen LogP contribution in [0.5, 0.6) is 0 Å². The van der Waals surface area contributed by atoms with Crippen molar-refractivity contribution in [3.8, 4) is 0 Å². The first kappa shape index (κ1) is 18.8. The second-order valence-electron chi connectivity index (χ2n) is 7.38. The van der Waals surface area contributed by atoms with Crippen LogP contribution < -0.4 is 21.4 Å². The molecule has 3 aliphatic rings. The molecule has 0 spiro atoms. The van der Waals surface area contributed by atoms with Gasteiger partial charge in [-0.15, -0.1) is 0 Å². The lowest BCUT2D eigenvalue weighted by molar-refractivity contribution is 0.453. The zero-order chi connectivity index (χ0) is 18.8. The van der Waals surface area contributed by atoms with E-state index in [9.17, 15) is 13.6 Å². The first-order chi connectivity index (χ1) is 13.1. The lowest BCUT2D eigenvalue weighted by atomic mass is 10.1. The summed E-state index contributed by atoms with van der Waals surface area (Å²) in [6, 6.07) is 0.0424. The molecule has 1 atom stereocenters. The first-order valence-electron chi connectivity index (χ1n) is 9.66. The molecule has 27 heavy (non-hydrogen) atoms. The van der Waals surface area contributed by atoms with E-state index < -0.39 is 17.6 Å². The number of aliphatic imine (C=N–C) groups is 1. The maximum absolute atomic E-state index is 14.5. The largest absolute Gasteiger partial charge is 0.317 e. The van der Waals surface area contributed by atoms with E-state index in [1.54, 1.807) is 11.8 Å². The van der Waals surface area contributed by atoms with Gasteiger partial charge >= 0.3 is 0 Å². The predicted octanol–water partition coefficient (Wildman–Crippen LogP) is 1.35. The normalized spacial score (nSPS) is 25.6. The minimum Gasteiger partial charge on any atom is -0.317 e. The highest BCUT2D eigenvalue weighted by Crippen LogP contribution is 2.24. The van der Waals surface area contributed by atoms with Crippen LogP contribution >= 0.6 is 11.8 Å². The predicted molar refractivity (Wildman–Crippen MR) is 105 cm³/mol. The second kappa shape index (κ2) is 8.22. The molecule has 1 aromatic rings. The van der Waals surface area contributed by atoms with Gasteiger partial charge < -0.3 is 10.3 Å². The van der Waals surface area contributed by atoms with Crippen LogP contribution in [0.3, 0.4) is 0 Å². The first-order valence-corrected chi connectivity index (χ1v) is 10.7. The molecular weight excluding hydrogens is 370 g/mol. The number of rotatable bonds is 4. The monoisotopic (exact) mass is 394 g/mol. The van der Waals surface area contributed by atoms with Crippen LogP contribution in [0.1, 0.15) is 44.3 Å². The topological polar surface area (TPSA) is 70.1 Å². The molecule has 0 bridgehead atoms. The number of halogens is 2. The van der Waals surface area contributed by atoms with Gasteiger partial charge in [0.25, 0.3) is 5.56 Å². The third kappa shape index (κ3) is 4.16.